The predicted octanol–water partition coefficient (Wildman–Crippen LogP) is 3.25. The van der Waals surface area contributed by atoms with Crippen LogP contribution in [0.15, 0.2) is 57.8 Å². The highest BCUT2D eigenvalue weighted by molar-refractivity contribution is 7.89. The Morgan fingerprint density at radius 3 is 2.50 bits per heavy atom. The van der Waals surface area contributed by atoms with E-state index in [0.29, 0.717) is 42.9 Å². The summed E-state index contributed by atoms with van der Waals surface area (Å²) in [6.07, 6.45) is 0.754. The first-order valence-corrected chi connectivity index (χ1v) is 11.5. The standard InChI is InChI=1S/C22H26N4O3S/c1-17-7-9-20(10-8-17)30(27,28)26-12-4-11-25(13-14-26)16-21-23-24-22(29-21)19-6-3-5-18(2)15-19/h3,5-10,15H,4,11-14,16H2,1-2H3. The highest BCUT2D eigenvalue weighted by Crippen LogP contribution is 2.21. The van der Waals surface area contributed by atoms with E-state index < -0.39 is 10.0 Å². The van der Waals surface area contributed by atoms with Gasteiger partial charge in [0.25, 0.3) is 0 Å². The fourth-order valence-electron chi connectivity index (χ4n) is 3.61. The van der Waals surface area contributed by atoms with E-state index >= 15 is 0 Å². The minimum atomic E-state index is -3.48. The van der Waals surface area contributed by atoms with Gasteiger partial charge in [-0.2, -0.15) is 4.31 Å². The maximum absolute atomic E-state index is 13.0. The second-order valence-electron chi connectivity index (χ2n) is 7.72. The summed E-state index contributed by atoms with van der Waals surface area (Å²) >= 11 is 0. The monoisotopic (exact) mass is 426 g/mol. The summed E-state index contributed by atoms with van der Waals surface area (Å²) in [6, 6.07) is 15.0. The molecule has 0 saturated carbocycles. The Labute approximate surface area is 177 Å². The molecule has 0 spiro atoms. The van der Waals surface area contributed by atoms with Gasteiger partial charge in [-0.15, -0.1) is 10.2 Å². The van der Waals surface area contributed by atoms with Crippen molar-refractivity contribution >= 4 is 10.0 Å². The third-order valence-corrected chi connectivity index (χ3v) is 7.21. The minimum Gasteiger partial charge on any atom is -0.419 e. The maximum Gasteiger partial charge on any atom is 0.247 e. The Kier molecular flexibility index (Phi) is 5.99. The highest BCUT2D eigenvalue weighted by Gasteiger charge is 2.27. The topological polar surface area (TPSA) is 79.5 Å². The van der Waals surface area contributed by atoms with Crippen LogP contribution in [0.2, 0.25) is 0 Å². The molecule has 0 aliphatic carbocycles. The number of aromatic nitrogens is 2. The summed E-state index contributed by atoms with van der Waals surface area (Å²) in [5.41, 5.74) is 3.08. The van der Waals surface area contributed by atoms with E-state index in [1.54, 1.807) is 16.4 Å². The third-order valence-electron chi connectivity index (χ3n) is 5.30. The lowest BCUT2D eigenvalue weighted by Gasteiger charge is -2.21. The molecular formula is C22H26N4O3S. The molecule has 7 nitrogen and oxygen atoms in total. The predicted molar refractivity (Wildman–Crippen MR) is 114 cm³/mol. The molecular weight excluding hydrogens is 400 g/mol. The quantitative estimate of drug-likeness (QED) is 0.623. The average molecular weight is 427 g/mol. The molecule has 0 N–H and O–H groups in total. The molecule has 2 aromatic carbocycles. The fourth-order valence-corrected chi connectivity index (χ4v) is 5.08. The van der Waals surface area contributed by atoms with Crippen LogP contribution in [0.3, 0.4) is 0 Å². The zero-order chi connectivity index (χ0) is 21.1. The molecule has 0 bridgehead atoms. The summed E-state index contributed by atoms with van der Waals surface area (Å²) in [5.74, 6) is 1.05. The molecule has 1 fully saturated rings. The van der Waals surface area contributed by atoms with Gasteiger partial charge in [0.15, 0.2) is 0 Å². The molecule has 0 radical (unpaired) electrons. The molecule has 0 unspecified atom stereocenters. The molecule has 1 aromatic heterocycles. The van der Waals surface area contributed by atoms with Gasteiger partial charge < -0.3 is 4.42 Å². The SMILES string of the molecule is Cc1ccc(S(=O)(=O)N2CCCN(Cc3nnc(-c4cccc(C)c4)o3)CC2)cc1. The van der Waals surface area contributed by atoms with Crippen LogP contribution in [0.4, 0.5) is 0 Å². The normalized spacial score (nSPS) is 16.5. The Morgan fingerprint density at radius 2 is 1.73 bits per heavy atom. The lowest BCUT2D eigenvalue weighted by atomic mass is 10.1. The van der Waals surface area contributed by atoms with Gasteiger partial charge in [0.05, 0.1) is 11.4 Å². The number of hydrogen-bond donors (Lipinski definition) is 0. The Balaban J connectivity index is 1.41. The van der Waals surface area contributed by atoms with Crippen molar-refractivity contribution < 1.29 is 12.8 Å². The molecule has 8 heteroatoms. The largest absolute Gasteiger partial charge is 0.419 e. The fraction of sp³-hybridized carbons (Fsp3) is 0.364. The second-order valence-corrected chi connectivity index (χ2v) is 9.66. The molecule has 30 heavy (non-hydrogen) atoms. The summed E-state index contributed by atoms with van der Waals surface area (Å²) in [6.45, 7) is 6.82. The summed E-state index contributed by atoms with van der Waals surface area (Å²) < 4.78 is 33.4. The first-order chi connectivity index (χ1) is 14.4. The number of nitrogens with zero attached hydrogens (tertiary/aromatic N) is 4. The molecule has 158 valence electrons. The van der Waals surface area contributed by atoms with Crippen LogP contribution in [0.5, 0.6) is 0 Å². The zero-order valence-electron chi connectivity index (χ0n) is 17.3. The first kappa shape index (κ1) is 20.7. The van der Waals surface area contributed by atoms with E-state index in [0.717, 1.165) is 29.7 Å². The van der Waals surface area contributed by atoms with E-state index in [9.17, 15) is 8.42 Å². The number of rotatable bonds is 5. The number of hydrogen-bond acceptors (Lipinski definition) is 6. The first-order valence-electron chi connectivity index (χ1n) is 10.1. The zero-order valence-corrected chi connectivity index (χ0v) is 18.1. The molecule has 1 aliphatic rings. The Morgan fingerprint density at radius 1 is 0.933 bits per heavy atom. The van der Waals surface area contributed by atoms with Crippen LogP contribution >= 0.6 is 0 Å². The van der Waals surface area contributed by atoms with Crippen LogP contribution in [0, 0.1) is 13.8 Å². The van der Waals surface area contributed by atoms with Crippen molar-refractivity contribution in [3.05, 3.63) is 65.5 Å². The summed E-state index contributed by atoms with van der Waals surface area (Å²) in [4.78, 5) is 2.51. The van der Waals surface area contributed by atoms with E-state index in [1.165, 1.54) is 0 Å². The van der Waals surface area contributed by atoms with Gasteiger partial charge in [0.1, 0.15) is 0 Å². The number of sulfonamides is 1. The Bertz CT molecular complexity index is 1110. The molecule has 0 amide bonds. The maximum atomic E-state index is 13.0. The third kappa shape index (κ3) is 4.61. The van der Waals surface area contributed by atoms with Crippen molar-refractivity contribution in [2.45, 2.75) is 31.7 Å². The lowest BCUT2D eigenvalue weighted by molar-refractivity contribution is 0.251. The van der Waals surface area contributed by atoms with Gasteiger partial charge in [-0.1, -0.05) is 35.4 Å². The van der Waals surface area contributed by atoms with Gasteiger partial charge in [0, 0.05) is 25.2 Å². The van der Waals surface area contributed by atoms with Crippen molar-refractivity contribution in [2.75, 3.05) is 26.2 Å². The van der Waals surface area contributed by atoms with E-state index in [2.05, 4.69) is 15.1 Å². The highest BCUT2D eigenvalue weighted by atomic mass is 32.2. The van der Waals surface area contributed by atoms with Crippen LogP contribution in [-0.2, 0) is 16.6 Å². The summed E-state index contributed by atoms with van der Waals surface area (Å²) in [5, 5.41) is 8.35. The van der Waals surface area contributed by atoms with Crippen LogP contribution in [0.25, 0.3) is 11.5 Å². The molecule has 0 atom stereocenters. The second kappa shape index (κ2) is 8.67. The van der Waals surface area contributed by atoms with Crippen molar-refractivity contribution in [1.29, 1.82) is 0 Å². The van der Waals surface area contributed by atoms with E-state index in [-0.39, 0.29) is 0 Å². The molecule has 4 rings (SSSR count). The van der Waals surface area contributed by atoms with Gasteiger partial charge in [-0.05, 0) is 51.1 Å². The van der Waals surface area contributed by atoms with Crippen LogP contribution < -0.4 is 0 Å². The number of aryl methyl sites for hydroxylation is 2. The molecule has 3 aromatic rings. The van der Waals surface area contributed by atoms with Crippen molar-refractivity contribution in [3.8, 4) is 11.5 Å². The minimum absolute atomic E-state index is 0.348. The smallest absolute Gasteiger partial charge is 0.247 e. The van der Waals surface area contributed by atoms with Crippen LogP contribution in [0.1, 0.15) is 23.4 Å². The van der Waals surface area contributed by atoms with Crippen molar-refractivity contribution in [1.82, 2.24) is 19.4 Å². The van der Waals surface area contributed by atoms with Gasteiger partial charge in [-0.25, -0.2) is 8.42 Å². The average Bonchev–Trinajstić information content (AvgIpc) is 3.05. The van der Waals surface area contributed by atoms with Crippen LogP contribution in [-0.4, -0.2) is 54.0 Å². The van der Waals surface area contributed by atoms with Gasteiger partial charge in [-0.3, -0.25) is 4.90 Å². The van der Waals surface area contributed by atoms with E-state index in [1.807, 2.05) is 50.2 Å². The number of benzene rings is 2. The molecule has 1 saturated heterocycles. The molecule has 2 heterocycles. The lowest BCUT2D eigenvalue weighted by Crippen LogP contribution is -2.35. The Hall–Kier alpha value is -2.55. The van der Waals surface area contributed by atoms with Gasteiger partial charge in [0.2, 0.25) is 21.8 Å². The van der Waals surface area contributed by atoms with E-state index in [4.69, 9.17) is 4.42 Å². The van der Waals surface area contributed by atoms with Crippen molar-refractivity contribution in [2.24, 2.45) is 0 Å². The van der Waals surface area contributed by atoms with Crippen molar-refractivity contribution in [3.63, 3.8) is 0 Å². The molecule has 1 aliphatic heterocycles. The van der Waals surface area contributed by atoms with Gasteiger partial charge >= 0.3 is 0 Å². The summed E-state index contributed by atoms with van der Waals surface area (Å²) in [7, 11) is -3.48.